The second-order valence-electron chi connectivity index (χ2n) is 5.92. The molecule has 2 aromatic rings. The molecule has 1 atom stereocenters. The lowest BCUT2D eigenvalue weighted by atomic mass is 10.2. The van der Waals surface area contributed by atoms with Gasteiger partial charge in [-0.05, 0) is 36.6 Å². The molecule has 1 aromatic carbocycles. The van der Waals surface area contributed by atoms with Gasteiger partial charge in [0.05, 0.1) is 6.61 Å². The number of aromatic nitrogens is 2. The second kappa shape index (κ2) is 7.72. The Kier molecular flexibility index (Phi) is 5.42. The van der Waals surface area contributed by atoms with Crippen molar-refractivity contribution in [3.63, 3.8) is 0 Å². The van der Waals surface area contributed by atoms with Crippen molar-refractivity contribution in [2.24, 2.45) is 0 Å². The average molecular weight is 347 g/mol. The highest BCUT2D eigenvalue weighted by molar-refractivity contribution is 7.84. The first-order chi connectivity index (χ1) is 11.7. The van der Waals surface area contributed by atoms with Gasteiger partial charge in [0.1, 0.15) is 0 Å². The summed E-state index contributed by atoms with van der Waals surface area (Å²) in [5, 5.41) is 9.85. The number of aromatic amines is 1. The van der Waals surface area contributed by atoms with Gasteiger partial charge in [-0.25, -0.2) is 0 Å². The Morgan fingerprint density at radius 2 is 2.25 bits per heavy atom. The molecule has 1 saturated carbocycles. The third-order valence-corrected chi connectivity index (χ3v) is 5.15. The highest BCUT2D eigenvalue weighted by Gasteiger charge is 2.26. The van der Waals surface area contributed by atoms with Crippen LogP contribution in [0.25, 0.3) is 0 Å². The maximum Gasteiger partial charge on any atom is 0.276 e. The first-order valence-corrected chi connectivity index (χ1v) is 9.44. The van der Waals surface area contributed by atoms with Crippen LogP contribution in [0.2, 0.25) is 0 Å². The Hall–Kier alpha value is -1.99. The number of H-pyrrole nitrogens is 1. The topological polar surface area (TPSA) is 84.1 Å². The zero-order chi connectivity index (χ0) is 16.9. The molecular formula is C17H21N3O3S. The van der Waals surface area contributed by atoms with Crippen LogP contribution in [0.5, 0.6) is 0 Å². The number of amides is 1. The SMILES string of the molecule is COCC[S@](=O)Cc1cccc(NC(=O)c2cc(C3CC3)[nH]n2)c1. The summed E-state index contributed by atoms with van der Waals surface area (Å²) in [5.41, 5.74) is 3.02. The minimum atomic E-state index is -0.978. The van der Waals surface area contributed by atoms with Crippen molar-refractivity contribution >= 4 is 22.4 Å². The van der Waals surface area contributed by atoms with Crippen molar-refractivity contribution in [2.75, 3.05) is 24.8 Å². The number of methoxy groups -OCH3 is 1. The summed E-state index contributed by atoms with van der Waals surface area (Å²) in [4.78, 5) is 12.3. The second-order valence-corrected chi connectivity index (χ2v) is 7.49. The van der Waals surface area contributed by atoms with Gasteiger partial charge in [-0.15, -0.1) is 0 Å². The molecule has 1 aliphatic carbocycles. The van der Waals surface area contributed by atoms with Crippen molar-refractivity contribution in [2.45, 2.75) is 24.5 Å². The van der Waals surface area contributed by atoms with Crippen LogP contribution in [-0.4, -0.2) is 39.8 Å². The number of anilines is 1. The van der Waals surface area contributed by atoms with Gasteiger partial charge in [0.2, 0.25) is 0 Å². The van der Waals surface area contributed by atoms with Crippen molar-refractivity contribution < 1.29 is 13.7 Å². The van der Waals surface area contributed by atoms with E-state index in [1.165, 1.54) is 0 Å². The number of hydrogen-bond donors (Lipinski definition) is 2. The van der Waals surface area contributed by atoms with E-state index in [0.29, 0.717) is 35.4 Å². The maximum atomic E-state index is 12.3. The lowest BCUT2D eigenvalue weighted by molar-refractivity contribution is 0.102. The van der Waals surface area contributed by atoms with Gasteiger partial charge < -0.3 is 10.1 Å². The lowest BCUT2D eigenvalue weighted by Gasteiger charge is -2.06. The first-order valence-electron chi connectivity index (χ1n) is 7.95. The molecule has 6 nitrogen and oxygen atoms in total. The van der Waals surface area contributed by atoms with Gasteiger partial charge >= 0.3 is 0 Å². The van der Waals surface area contributed by atoms with E-state index in [-0.39, 0.29) is 5.91 Å². The summed E-state index contributed by atoms with van der Waals surface area (Å²) in [7, 11) is 0.616. The van der Waals surface area contributed by atoms with E-state index in [9.17, 15) is 9.00 Å². The summed E-state index contributed by atoms with van der Waals surface area (Å²) in [6.07, 6.45) is 2.32. The standard InChI is InChI=1S/C17H21N3O3S/c1-23-7-8-24(22)11-12-3-2-4-14(9-12)18-17(21)16-10-15(19-20-16)13-5-6-13/h2-4,9-10,13H,5-8,11H2,1H3,(H,18,21)(H,19,20)/t24-/m0/s1. The zero-order valence-electron chi connectivity index (χ0n) is 13.6. The Labute approximate surface area is 143 Å². The Bertz CT molecular complexity index is 740. The average Bonchev–Trinajstić information content (AvgIpc) is 3.30. The third kappa shape index (κ3) is 4.52. The van der Waals surface area contributed by atoms with E-state index in [4.69, 9.17) is 4.74 Å². The van der Waals surface area contributed by atoms with Crippen LogP contribution in [-0.2, 0) is 21.3 Å². The van der Waals surface area contributed by atoms with Crippen molar-refractivity contribution in [1.82, 2.24) is 10.2 Å². The Morgan fingerprint density at radius 1 is 1.42 bits per heavy atom. The summed E-state index contributed by atoms with van der Waals surface area (Å²) >= 11 is 0. The van der Waals surface area contributed by atoms with Crippen molar-refractivity contribution in [1.29, 1.82) is 0 Å². The molecule has 0 spiro atoms. The van der Waals surface area contributed by atoms with Crippen LogP contribution < -0.4 is 5.32 Å². The van der Waals surface area contributed by atoms with E-state index in [1.54, 1.807) is 7.11 Å². The molecule has 7 heteroatoms. The molecule has 128 valence electrons. The van der Waals surface area contributed by atoms with E-state index in [1.807, 2.05) is 30.3 Å². The van der Waals surface area contributed by atoms with Crippen molar-refractivity contribution in [3.05, 3.63) is 47.3 Å². The van der Waals surface area contributed by atoms with Crippen molar-refractivity contribution in [3.8, 4) is 0 Å². The molecular weight excluding hydrogens is 326 g/mol. The quantitative estimate of drug-likeness (QED) is 0.768. The lowest BCUT2D eigenvalue weighted by Crippen LogP contribution is -2.13. The summed E-state index contributed by atoms with van der Waals surface area (Å²) in [5.74, 6) is 1.24. The van der Waals surface area contributed by atoms with Gasteiger partial charge in [0.15, 0.2) is 5.69 Å². The third-order valence-electron chi connectivity index (χ3n) is 3.88. The van der Waals surface area contributed by atoms with E-state index in [2.05, 4.69) is 15.5 Å². The molecule has 0 radical (unpaired) electrons. The van der Waals surface area contributed by atoms with Crippen LogP contribution in [0.1, 0.15) is 40.5 Å². The number of nitrogens with one attached hydrogen (secondary N) is 2. The maximum absolute atomic E-state index is 12.3. The number of hydrogen-bond acceptors (Lipinski definition) is 4. The van der Waals surface area contributed by atoms with Crippen LogP contribution in [0.15, 0.2) is 30.3 Å². The molecule has 1 heterocycles. The minimum Gasteiger partial charge on any atom is -0.384 e. The molecule has 1 aliphatic rings. The summed E-state index contributed by atoms with van der Waals surface area (Å²) < 4.78 is 16.9. The van der Waals surface area contributed by atoms with Gasteiger partial charge in [-0.1, -0.05) is 12.1 Å². The number of rotatable bonds is 8. The molecule has 1 fully saturated rings. The molecule has 24 heavy (non-hydrogen) atoms. The van der Waals surface area contributed by atoms with E-state index >= 15 is 0 Å². The first kappa shape index (κ1) is 16.9. The number of benzene rings is 1. The summed E-state index contributed by atoms with van der Waals surface area (Å²) in [6.45, 7) is 0.478. The summed E-state index contributed by atoms with van der Waals surface area (Å²) in [6, 6.07) is 9.22. The zero-order valence-corrected chi connectivity index (χ0v) is 14.4. The fourth-order valence-corrected chi connectivity index (χ4v) is 3.47. The Balaban J connectivity index is 1.60. The minimum absolute atomic E-state index is 0.240. The largest absolute Gasteiger partial charge is 0.384 e. The van der Waals surface area contributed by atoms with Gasteiger partial charge in [-0.2, -0.15) is 5.10 Å². The molecule has 0 bridgehead atoms. The van der Waals surface area contributed by atoms with Crippen LogP contribution >= 0.6 is 0 Å². The Morgan fingerprint density at radius 3 is 3.00 bits per heavy atom. The highest BCUT2D eigenvalue weighted by Crippen LogP contribution is 2.39. The predicted octanol–water partition coefficient (Wildman–Crippen LogP) is 2.43. The number of ether oxygens (including phenoxy) is 1. The van der Waals surface area contributed by atoms with Crippen LogP contribution in [0.4, 0.5) is 5.69 Å². The molecule has 1 amide bonds. The molecule has 2 N–H and O–H groups in total. The smallest absolute Gasteiger partial charge is 0.276 e. The predicted molar refractivity (Wildman–Crippen MR) is 93.5 cm³/mol. The molecule has 0 saturated heterocycles. The van der Waals surface area contributed by atoms with Crippen LogP contribution in [0, 0.1) is 0 Å². The number of carbonyl (C=O) groups is 1. The number of nitrogens with zero attached hydrogens (tertiary/aromatic N) is 1. The molecule has 0 unspecified atom stereocenters. The molecule has 1 aromatic heterocycles. The van der Waals surface area contributed by atoms with E-state index in [0.717, 1.165) is 24.1 Å². The monoisotopic (exact) mass is 347 g/mol. The van der Waals surface area contributed by atoms with Gasteiger partial charge in [-0.3, -0.25) is 14.1 Å². The van der Waals surface area contributed by atoms with Gasteiger partial charge in [0, 0.05) is 46.7 Å². The molecule has 3 rings (SSSR count). The fraction of sp³-hybridized carbons (Fsp3) is 0.412. The highest BCUT2D eigenvalue weighted by atomic mass is 32.2. The van der Waals surface area contributed by atoms with Gasteiger partial charge in [0.25, 0.3) is 5.91 Å². The van der Waals surface area contributed by atoms with Crippen LogP contribution in [0.3, 0.4) is 0 Å². The molecule has 0 aliphatic heterocycles. The fourth-order valence-electron chi connectivity index (χ4n) is 2.42. The number of carbonyl (C=O) groups excluding carboxylic acids is 1. The van der Waals surface area contributed by atoms with E-state index < -0.39 is 10.8 Å². The normalized spacial score (nSPS) is 15.2.